The lowest BCUT2D eigenvalue weighted by Gasteiger charge is -2.10. The van der Waals surface area contributed by atoms with Crippen molar-refractivity contribution in [3.05, 3.63) is 59.7 Å². The Labute approximate surface area is 157 Å². The summed E-state index contributed by atoms with van der Waals surface area (Å²) in [7, 11) is -3.36. The maximum atomic E-state index is 12.7. The van der Waals surface area contributed by atoms with E-state index < -0.39 is 16.1 Å². The Morgan fingerprint density at radius 3 is 2.30 bits per heavy atom. The standard InChI is InChI=1S/C18H19N5O3S/c1-12-4-6-15(7-5-12)18-19-22-23(20-18)13(2)17(24)14-8-10-16(11-9-14)21-27(3,25)26/h4-11,13,21H,1-3H3. The molecule has 3 aromatic rings. The molecule has 27 heavy (non-hydrogen) atoms. The second-order valence-electron chi connectivity index (χ2n) is 6.29. The van der Waals surface area contributed by atoms with Crippen molar-refractivity contribution in [3.8, 4) is 11.4 Å². The number of benzene rings is 2. The maximum absolute atomic E-state index is 12.7. The van der Waals surface area contributed by atoms with Crippen molar-refractivity contribution >= 4 is 21.5 Å². The molecule has 0 radical (unpaired) electrons. The normalized spacial score (nSPS) is 12.6. The molecule has 1 aromatic heterocycles. The predicted octanol–water partition coefficient (Wildman–Crippen LogP) is 2.46. The fraction of sp³-hybridized carbons (Fsp3) is 0.222. The number of carbonyl (C=O) groups excluding carboxylic acids is 1. The fourth-order valence-corrected chi connectivity index (χ4v) is 3.03. The van der Waals surface area contributed by atoms with E-state index in [2.05, 4.69) is 20.1 Å². The van der Waals surface area contributed by atoms with Gasteiger partial charge >= 0.3 is 0 Å². The van der Waals surface area contributed by atoms with Crippen molar-refractivity contribution in [2.75, 3.05) is 11.0 Å². The third-order valence-corrected chi connectivity index (χ3v) is 4.54. The molecular formula is C18H19N5O3S. The molecule has 0 saturated heterocycles. The average molecular weight is 385 g/mol. The molecule has 9 heteroatoms. The van der Waals surface area contributed by atoms with Crippen LogP contribution in [0.3, 0.4) is 0 Å². The number of sulfonamides is 1. The average Bonchev–Trinajstić information content (AvgIpc) is 3.10. The number of anilines is 1. The molecule has 1 N–H and O–H groups in total. The highest BCUT2D eigenvalue weighted by atomic mass is 32.2. The first-order chi connectivity index (χ1) is 12.7. The number of nitrogens with one attached hydrogen (secondary N) is 1. The molecule has 0 amide bonds. The van der Waals surface area contributed by atoms with Crippen LogP contribution in [0.2, 0.25) is 0 Å². The number of rotatable bonds is 6. The molecule has 1 atom stereocenters. The smallest absolute Gasteiger partial charge is 0.229 e. The highest BCUT2D eigenvalue weighted by molar-refractivity contribution is 7.92. The van der Waals surface area contributed by atoms with Crippen molar-refractivity contribution in [2.45, 2.75) is 19.9 Å². The summed E-state index contributed by atoms with van der Waals surface area (Å²) in [5.74, 6) is 0.246. The monoisotopic (exact) mass is 385 g/mol. The van der Waals surface area contributed by atoms with Gasteiger partial charge in [0.2, 0.25) is 15.8 Å². The summed E-state index contributed by atoms with van der Waals surface area (Å²) >= 11 is 0. The maximum Gasteiger partial charge on any atom is 0.229 e. The largest absolute Gasteiger partial charge is 0.292 e. The second-order valence-corrected chi connectivity index (χ2v) is 8.04. The summed E-state index contributed by atoms with van der Waals surface area (Å²) in [4.78, 5) is 13.9. The summed E-state index contributed by atoms with van der Waals surface area (Å²) in [5.41, 5.74) is 2.77. The Kier molecular flexibility index (Phi) is 5.04. The molecule has 0 saturated carbocycles. The molecule has 8 nitrogen and oxygen atoms in total. The number of hydrogen-bond donors (Lipinski definition) is 1. The highest BCUT2D eigenvalue weighted by Crippen LogP contribution is 2.18. The molecule has 140 valence electrons. The third kappa shape index (κ3) is 4.56. The first-order valence-electron chi connectivity index (χ1n) is 8.21. The van der Waals surface area contributed by atoms with Crippen molar-refractivity contribution in [1.29, 1.82) is 0 Å². The van der Waals surface area contributed by atoms with Gasteiger partial charge < -0.3 is 0 Å². The Morgan fingerprint density at radius 1 is 1.07 bits per heavy atom. The molecule has 0 bridgehead atoms. The van der Waals surface area contributed by atoms with Crippen LogP contribution in [0.25, 0.3) is 11.4 Å². The van der Waals surface area contributed by atoms with Gasteiger partial charge in [-0.15, -0.1) is 10.2 Å². The Balaban J connectivity index is 1.76. The van der Waals surface area contributed by atoms with E-state index in [9.17, 15) is 13.2 Å². The molecule has 2 aromatic carbocycles. The zero-order chi connectivity index (χ0) is 19.6. The van der Waals surface area contributed by atoms with Crippen molar-refractivity contribution in [1.82, 2.24) is 20.2 Å². The number of aromatic nitrogens is 4. The Morgan fingerprint density at radius 2 is 1.70 bits per heavy atom. The van der Waals surface area contributed by atoms with Gasteiger partial charge in [0, 0.05) is 16.8 Å². The summed E-state index contributed by atoms with van der Waals surface area (Å²) in [6.45, 7) is 3.68. The minimum absolute atomic E-state index is 0.200. The van der Waals surface area contributed by atoms with Gasteiger partial charge in [0.25, 0.3) is 0 Å². The van der Waals surface area contributed by atoms with E-state index in [4.69, 9.17) is 0 Å². The van der Waals surface area contributed by atoms with Crippen LogP contribution in [-0.2, 0) is 10.0 Å². The molecule has 0 aliphatic rings. The number of nitrogens with zero attached hydrogens (tertiary/aromatic N) is 4. The number of Topliss-reactive ketones (excluding diaryl/α,β-unsaturated/α-hetero) is 1. The van der Waals surface area contributed by atoms with Crippen molar-refractivity contribution < 1.29 is 13.2 Å². The summed E-state index contributed by atoms with van der Waals surface area (Å²) in [6, 6.07) is 13.3. The topological polar surface area (TPSA) is 107 Å². The lowest BCUT2D eigenvalue weighted by Crippen LogP contribution is -2.19. The first-order valence-corrected chi connectivity index (χ1v) is 10.1. The summed E-state index contributed by atoms with van der Waals surface area (Å²) < 4.78 is 24.8. The SMILES string of the molecule is Cc1ccc(-c2nnn(C(C)C(=O)c3ccc(NS(C)(=O)=O)cc3)n2)cc1. The molecule has 0 spiro atoms. The molecular weight excluding hydrogens is 366 g/mol. The number of hydrogen-bond acceptors (Lipinski definition) is 6. The molecule has 0 aliphatic heterocycles. The van der Waals surface area contributed by atoms with Gasteiger partial charge in [-0.1, -0.05) is 29.8 Å². The molecule has 0 aliphatic carbocycles. The second kappa shape index (κ2) is 7.28. The lowest BCUT2D eigenvalue weighted by atomic mass is 10.1. The van der Waals surface area contributed by atoms with E-state index >= 15 is 0 Å². The quantitative estimate of drug-likeness (QED) is 0.653. The minimum atomic E-state index is -3.36. The van der Waals surface area contributed by atoms with Gasteiger partial charge in [-0.25, -0.2) is 8.42 Å². The van der Waals surface area contributed by atoms with Crippen LogP contribution in [0, 0.1) is 6.92 Å². The minimum Gasteiger partial charge on any atom is -0.292 e. The zero-order valence-corrected chi connectivity index (χ0v) is 15.9. The van der Waals surface area contributed by atoms with E-state index in [0.717, 1.165) is 17.4 Å². The Bertz CT molecular complexity index is 1060. The molecule has 0 fully saturated rings. The zero-order valence-electron chi connectivity index (χ0n) is 15.1. The van der Waals surface area contributed by atoms with Gasteiger partial charge in [0.1, 0.15) is 6.04 Å². The van der Waals surface area contributed by atoms with Crippen LogP contribution in [0.4, 0.5) is 5.69 Å². The molecule has 1 heterocycles. The van der Waals surface area contributed by atoms with Crippen molar-refractivity contribution in [2.24, 2.45) is 0 Å². The van der Waals surface area contributed by atoms with Crippen LogP contribution in [0.1, 0.15) is 28.9 Å². The van der Waals surface area contributed by atoms with Gasteiger partial charge in [-0.3, -0.25) is 9.52 Å². The predicted molar refractivity (Wildman–Crippen MR) is 102 cm³/mol. The van der Waals surface area contributed by atoms with Gasteiger partial charge in [0.05, 0.1) is 6.26 Å². The number of tetrazole rings is 1. The number of carbonyl (C=O) groups is 1. The summed E-state index contributed by atoms with van der Waals surface area (Å²) in [5, 5.41) is 12.3. The molecule has 1 unspecified atom stereocenters. The van der Waals surface area contributed by atoms with Crippen LogP contribution in [-0.4, -0.2) is 40.7 Å². The van der Waals surface area contributed by atoms with Gasteiger partial charge in [-0.2, -0.15) is 4.80 Å². The third-order valence-electron chi connectivity index (χ3n) is 3.94. The van der Waals surface area contributed by atoms with Crippen LogP contribution in [0.5, 0.6) is 0 Å². The molecule has 3 rings (SSSR count). The first kappa shape index (κ1) is 18.7. The van der Waals surface area contributed by atoms with Crippen LogP contribution in [0.15, 0.2) is 48.5 Å². The van der Waals surface area contributed by atoms with Crippen LogP contribution < -0.4 is 4.72 Å². The summed E-state index contributed by atoms with van der Waals surface area (Å²) in [6.07, 6.45) is 1.07. The number of ketones is 1. The lowest BCUT2D eigenvalue weighted by molar-refractivity contribution is 0.0918. The van der Waals surface area contributed by atoms with Gasteiger partial charge in [-0.05, 0) is 43.3 Å². The van der Waals surface area contributed by atoms with E-state index in [1.54, 1.807) is 19.1 Å². The van der Waals surface area contributed by atoms with E-state index in [1.807, 2.05) is 31.2 Å². The van der Waals surface area contributed by atoms with E-state index in [-0.39, 0.29) is 5.78 Å². The van der Waals surface area contributed by atoms with Gasteiger partial charge in [0.15, 0.2) is 5.78 Å². The van der Waals surface area contributed by atoms with E-state index in [0.29, 0.717) is 17.1 Å². The van der Waals surface area contributed by atoms with Crippen molar-refractivity contribution in [3.63, 3.8) is 0 Å². The highest BCUT2D eigenvalue weighted by Gasteiger charge is 2.20. The Hall–Kier alpha value is -3.07. The fourth-order valence-electron chi connectivity index (χ4n) is 2.47. The van der Waals surface area contributed by atoms with Crippen LogP contribution >= 0.6 is 0 Å². The van der Waals surface area contributed by atoms with E-state index in [1.165, 1.54) is 16.9 Å². The number of aryl methyl sites for hydroxylation is 1.